The fourth-order valence-electron chi connectivity index (χ4n) is 3.03. The Morgan fingerprint density at radius 3 is 3.00 bits per heavy atom. The molecule has 1 atom stereocenters. The van der Waals surface area contributed by atoms with Crippen molar-refractivity contribution in [2.24, 2.45) is 0 Å². The Kier molecular flexibility index (Phi) is 3.34. The second-order valence-corrected chi connectivity index (χ2v) is 5.23. The third-order valence-electron chi connectivity index (χ3n) is 3.89. The van der Waals surface area contributed by atoms with Gasteiger partial charge in [0, 0.05) is 30.5 Å². The average Bonchev–Trinajstić information content (AvgIpc) is 2.98. The number of hydrogen-bond donors (Lipinski definition) is 0. The van der Waals surface area contributed by atoms with Gasteiger partial charge in [0.25, 0.3) is 0 Å². The molecule has 1 aliphatic rings. The molecule has 3 heterocycles. The molecule has 4 nitrogen and oxygen atoms in total. The van der Waals surface area contributed by atoms with E-state index in [0.29, 0.717) is 6.04 Å². The number of rotatable bonds is 3. The number of pyridine rings is 1. The van der Waals surface area contributed by atoms with Crippen molar-refractivity contribution < 1.29 is 4.52 Å². The molecule has 0 spiro atoms. The predicted octanol–water partition coefficient (Wildman–Crippen LogP) is 3.02. The first-order valence-electron chi connectivity index (χ1n) is 6.81. The van der Waals surface area contributed by atoms with Crippen molar-refractivity contribution in [3.8, 4) is 0 Å². The highest BCUT2D eigenvalue weighted by Gasteiger charge is 2.30. The standard InChI is InChI=1S/C15H19N3O/c1-11-15(12(2)19-17-11)14-6-4-8-18(14)10-13-5-3-7-16-9-13/h3,5,7,9,14H,4,6,8,10H2,1-2H3/t14-/m0/s1. The molecule has 0 amide bonds. The summed E-state index contributed by atoms with van der Waals surface area (Å²) in [5, 5.41) is 4.09. The summed E-state index contributed by atoms with van der Waals surface area (Å²) >= 11 is 0. The van der Waals surface area contributed by atoms with Gasteiger partial charge in [-0.2, -0.15) is 0 Å². The summed E-state index contributed by atoms with van der Waals surface area (Å²) in [6, 6.07) is 4.57. The van der Waals surface area contributed by atoms with Crippen LogP contribution in [0.1, 0.15) is 41.5 Å². The van der Waals surface area contributed by atoms with Crippen molar-refractivity contribution in [1.82, 2.24) is 15.0 Å². The van der Waals surface area contributed by atoms with E-state index in [2.05, 4.69) is 21.1 Å². The minimum absolute atomic E-state index is 0.437. The third-order valence-corrected chi connectivity index (χ3v) is 3.89. The summed E-state index contributed by atoms with van der Waals surface area (Å²) in [6.07, 6.45) is 6.18. The first-order chi connectivity index (χ1) is 9.25. The Morgan fingerprint density at radius 1 is 1.42 bits per heavy atom. The Bertz CT molecular complexity index is 530. The van der Waals surface area contributed by atoms with E-state index in [1.165, 1.54) is 24.0 Å². The first kappa shape index (κ1) is 12.4. The molecule has 0 aromatic carbocycles. The van der Waals surface area contributed by atoms with E-state index in [4.69, 9.17) is 4.52 Å². The largest absolute Gasteiger partial charge is 0.361 e. The van der Waals surface area contributed by atoms with E-state index in [9.17, 15) is 0 Å². The lowest BCUT2D eigenvalue weighted by atomic mass is 10.0. The van der Waals surface area contributed by atoms with Crippen molar-refractivity contribution in [1.29, 1.82) is 0 Å². The van der Waals surface area contributed by atoms with Crippen LogP contribution in [0.3, 0.4) is 0 Å². The van der Waals surface area contributed by atoms with Gasteiger partial charge in [-0.3, -0.25) is 9.88 Å². The molecule has 100 valence electrons. The fourth-order valence-corrected chi connectivity index (χ4v) is 3.03. The zero-order valence-corrected chi connectivity index (χ0v) is 11.5. The number of nitrogens with zero attached hydrogens (tertiary/aromatic N) is 3. The van der Waals surface area contributed by atoms with Crippen molar-refractivity contribution in [3.63, 3.8) is 0 Å². The van der Waals surface area contributed by atoms with E-state index in [1.54, 1.807) is 0 Å². The summed E-state index contributed by atoms with van der Waals surface area (Å²) in [6.45, 7) is 6.12. The first-order valence-corrected chi connectivity index (χ1v) is 6.81. The van der Waals surface area contributed by atoms with Crippen LogP contribution < -0.4 is 0 Å². The van der Waals surface area contributed by atoms with Crippen LogP contribution in [0.15, 0.2) is 29.0 Å². The lowest BCUT2D eigenvalue weighted by Crippen LogP contribution is -2.23. The van der Waals surface area contributed by atoms with Crippen LogP contribution in [0.25, 0.3) is 0 Å². The number of aromatic nitrogens is 2. The molecule has 0 bridgehead atoms. The summed E-state index contributed by atoms with van der Waals surface area (Å²) < 4.78 is 5.32. The molecule has 0 radical (unpaired) electrons. The number of aryl methyl sites for hydroxylation is 2. The molecule has 4 heteroatoms. The van der Waals surface area contributed by atoms with Gasteiger partial charge < -0.3 is 4.52 Å². The van der Waals surface area contributed by atoms with E-state index < -0.39 is 0 Å². The minimum Gasteiger partial charge on any atom is -0.361 e. The van der Waals surface area contributed by atoms with Gasteiger partial charge in [-0.05, 0) is 44.9 Å². The summed E-state index contributed by atoms with van der Waals surface area (Å²) in [5.74, 6) is 0.959. The quantitative estimate of drug-likeness (QED) is 0.847. The highest BCUT2D eigenvalue weighted by molar-refractivity contribution is 5.26. The van der Waals surface area contributed by atoms with E-state index in [-0.39, 0.29) is 0 Å². The van der Waals surface area contributed by atoms with E-state index in [1.807, 2.05) is 32.3 Å². The molecule has 2 aromatic rings. The predicted molar refractivity (Wildman–Crippen MR) is 72.6 cm³/mol. The second-order valence-electron chi connectivity index (χ2n) is 5.23. The molecule has 3 rings (SSSR count). The Hall–Kier alpha value is -1.68. The maximum Gasteiger partial charge on any atom is 0.138 e. The molecular formula is C15H19N3O. The van der Waals surface area contributed by atoms with Gasteiger partial charge in [0.2, 0.25) is 0 Å². The van der Waals surface area contributed by atoms with Crippen molar-refractivity contribution in [2.75, 3.05) is 6.54 Å². The molecule has 1 saturated heterocycles. The van der Waals surface area contributed by atoms with Gasteiger partial charge in [0.05, 0.1) is 5.69 Å². The maximum absolute atomic E-state index is 5.32. The van der Waals surface area contributed by atoms with Crippen molar-refractivity contribution in [2.45, 2.75) is 39.3 Å². The van der Waals surface area contributed by atoms with E-state index >= 15 is 0 Å². The average molecular weight is 257 g/mol. The third kappa shape index (κ3) is 2.40. The van der Waals surface area contributed by atoms with Gasteiger partial charge >= 0.3 is 0 Å². The van der Waals surface area contributed by atoms with Crippen LogP contribution in [0.2, 0.25) is 0 Å². The second kappa shape index (κ2) is 5.13. The summed E-state index contributed by atoms with van der Waals surface area (Å²) in [7, 11) is 0. The molecule has 0 unspecified atom stereocenters. The monoisotopic (exact) mass is 257 g/mol. The zero-order valence-electron chi connectivity index (χ0n) is 11.5. The van der Waals surface area contributed by atoms with Crippen LogP contribution in [0, 0.1) is 13.8 Å². The Morgan fingerprint density at radius 2 is 2.32 bits per heavy atom. The molecule has 2 aromatic heterocycles. The van der Waals surface area contributed by atoms with Gasteiger partial charge in [-0.15, -0.1) is 0 Å². The SMILES string of the molecule is Cc1noc(C)c1[C@@H]1CCCN1Cc1cccnc1. The van der Waals surface area contributed by atoms with Gasteiger partial charge in [-0.25, -0.2) is 0 Å². The zero-order chi connectivity index (χ0) is 13.2. The maximum atomic E-state index is 5.32. The Balaban J connectivity index is 1.82. The van der Waals surface area contributed by atoms with Crippen molar-refractivity contribution >= 4 is 0 Å². The fraction of sp³-hybridized carbons (Fsp3) is 0.467. The minimum atomic E-state index is 0.437. The lowest BCUT2D eigenvalue weighted by Gasteiger charge is -2.24. The van der Waals surface area contributed by atoms with Crippen LogP contribution >= 0.6 is 0 Å². The van der Waals surface area contributed by atoms with Crippen molar-refractivity contribution in [3.05, 3.63) is 47.1 Å². The number of likely N-dealkylation sites (tertiary alicyclic amines) is 1. The number of hydrogen-bond acceptors (Lipinski definition) is 4. The van der Waals surface area contributed by atoms with Crippen LogP contribution in [0.5, 0.6) is 0 Å². The lowest BCUT2D eigenvalue weighted by molar-refractivity contribution is 0.245. The smallest absolute Gasteiger partial charge is 0.138 e. The normalized spacial score (nSPS) is 20.0. The molecule has 0 aliphatic carbocycles. The van der Waals surface area contributed by atoms with Gasteiger partial charge in [0.15, 0.2) is 0 Å². The molecule has 19 heavy (non-hydrogen) atoms. The van der Waals surface area contributed by atoms with Gasteiger partial charge in [-0.1, -0.05) is 11.2 Å². The summed E-state index contributed by atoms with van der Waals surface area (Å²) in [4.78, 5) is 6.70. The molecule has 1 aliphatic heterocycles. The van der Waals surface area contributed by atoms with Crippen LogP contribution in [-0.4, -0.2) is 21.6 Å². The molecular weight excluding hydrogens is 238 g/mol. The van der Waals surface area contributed by atoms with Gasteiger partial charge in [0.1, 0.15) is 5.76 Å². The Labute approximate surface area is 113 Å². The highest BCUT2D eigenvalue weighted by atomic mass is 16.5. The molecule has 0 N–H and O–H groups in total. The van der Waals surface area contributed by atoms with Crippen LogP contribution in [0.4, 0.5) is 0 Å². The van der Waals surface area contributed by atoms with E-state index in [0.717, 1.165) is 24.5 Å². The molecule has 0 saturated carbocycles. The summed E-state index contributed by atoms with van der Waals surface area (Å²) in [5.41, 5.74) is 3.57. The molecule has 1 fully saturated rings. The topological polar surface area (TPSA) is 42.2 Å². The highest BCUT2D eigenvalue weighted by Crippen LogP contribution is 2.36. The van der Waals surface area contributed by atoms with Crippen LogP contribution in [-0.2, 0) is 6.54 Å².